The zero-order valence-electron chi connectivity index (χ0n) is 16.3. The lowest BCUT2D eigenvalue weighted by Gasteiger charge is -2.23. The van der Waals surface area contributed by atoms with Gasteiger partial charge in [-0.3, -0.25) is 4.98 Å². The number of rotatable bonds is 10. The van der Waals surface area contributed by atoms with Gasteiger partial charge in [0.1, 0.15) is 5.01 Å². The van der Waals surface area contributed by atoms with Gasteiger partial charge in [-0.1, -0.05) is 23.8 Å². The Hall–Kier alpha value is -2.51. The third-order valence-electron chi connectivity index (χ3n) is 4.67. The van der Waals surface area contributed by atoms with Crippen LogP contribution in [0, 0.1) is 18.3 Å². The third-order valence-corrected chi connectivity index (χ3v) is 7.52. The highest BCUT2D eigenvalue weighted by atomic mass is 32.2. The Morgan fingerprint density at radius 1 is 1.53 bits per heavy atom. The van der Waals surface area contributed by atoms with Crippen LogP contribution in [-0.2, 0) is 9.84 Å². The van der Waals surface area contributed by atoms with E-state index in [9.17, 15) is 17.2 Å². The highest BCUT2D eigenvalue weighted by Crippen LogP contribution is 2.49. The number of sulfone groups is 1. The second-order valence-electron chi connectivity index (χ2n) is 6.96. The Morgan fingerprint density at radius 3 is 2.83 bits per heavy atom. The van der Waals surface area contributed by atoms with Gasteiger partial charge in [0, 0.05) is 42.4 Å². The van der Waals surface area contributed by atoms with Gasteiger partial charge < -0.3 is 9.64 Å². The number of nitrogens with zero attached hydrogens (tertiary/aromatic N) is 3. The summed E-state index contributed by atoms with van der Waals surface area (Å²) in [4.78, 5) is 10.2. The van der Waals surface area contributed by atoms with Crippen molar-refractivity contribution >= 4 is 26.2 Å². The van der Waals surface area contributed by atoms with Crippen molar-refractivity contribution in [2.45, 2.75) is 18.8 Å². The van der Waals surface area contributed by atoms with Crippen molar-refractivity contribution < 1.29 is 21.9 Å². The van der Waals surface area contributed by atoms with E-state index in [1.54, 1.807) is 23.4 Å². The molecule has 0 spiro atoms. The monoisotopic (exact) mass is 453 g/mol. The van der Waals surface area contributed by atoms with E-state index in [0.717, 1.165) is 5.56 Å². The lowest BCUT2D eigenvalue weighted by molar-refractivity contribution is 0.103. The first-order chi connectivity index (χ1) is 14.2. The van der Waals surface area contributed by atoms with Crippen LogP contribution in [-0.4, -0.2) is 49.5 Å². The molecule has 1 fully saturated rings. The van der Waals surface area contributed by atoms with Gasteiger partial charge in [-0.2, -0.15) is 4.98 Å². The predicted molar refractivity (Wildman–Crippen MR) is 114 cm³/mol. The maximum atomic E-state index is 13.1. The van der Waals surface area contributed by atoms with Crippen LogP contribution in [0.25, 0.3) is 10.6 Å². The van der Waals surface area contributed by atoms with Crippen LogP contribution in [0.1, 0.15) is 12.8 Å². The lowest BCUT2D eigenvalue weighted by Crippen LogP contribution is -2.24. The molecular formula is C20H21F2N3O3S2. The van der Waals surface area contributed by atoms with Crippen molar-refractivity contribution in [1.29, 1.82) is 0 Å². The molecule has 0 bridgehead atoms. The molecule has 3 rings (SSSR count). The lowest BCUT2D eigenvalue weighted by atomic mass is 10.3. The first-order valence-corrected chi connectivity index (χ1v) is 11.7. The molecule has 0 saturated heterocycles. The van der Waals surface area contributed by atoms with E-state index in [4.69, 9.17) is 11.2 Å². The minimum absolute atomic E-state index is 0.0611. The zero-order valence-corrected chi connectivity index (χ0v) is 18.0. The van der Waals surface area contributed by atoms with Crippen LogP contribution in [0.3, 0.4) is 0 Å². The van der Waals surface area contributed by atoms with E-state index >= 15 is 0 Å². The number of aromatic nitrogens is 2. The summed E-state index contributed by atoms with van der Waals surface area (Å²) in [7, 11) is -2.16. The molecule has 1 atom stereocenters. The van der Waals surface area contributed by atoms with E-state index in [2.05, 4.69) is 22.5 Å². The number of halogens is 2. The first kappa shape index (κ1) is 22.2. The van der Waals surface area contributed by atoms with E-state index < -0.39 is 27.4 Å². The van der Waals surface area contributed by atoms with Crippen LogP contribution in [0.2, 0.25) is 0 Å². The maximum absolute atomic E-state index is 13.1. The number of anilines is 1. The van der Waals surface area contributed by atoms with Crippen molar-refractivity contribution in [3.63, 3.8) is 0 Å². The number of pyridine rings is 1. The van der Waals surface area contributed by atoms with E-state index in [0.29, 0.717) is 21.6 Å². The second kappa shape index (κ2) is 8.70. The van der Waals surface area contributed by atoms with Crippen LogP contribution >= 0.6 is 11.3 Å². The van der Waals surface area contributed by atoms with Gasteiger partial charge in [0.25, 0.3) is 5.92 Å². The molecule has 6 nitrogen and oxygen atoms in total. The Morgan fingerprint density at radius 2 is 2.27 bits per heavy atom. The third kappa shape index (κ3) is 5.15. The molecule has 2 heterocycles. The van der Waals surface area contributed by atoms with Crippen LogP contribution in [0.5, 0.6) is 5.88 Å². The molecule has 30 heavy (non-hydrogen) atoms. The van der Waals surface area contributed by atoms with Crippen molar-refractivity contribution in [2.75, 3.05) is 30.1 Å². The van der Waals surface area contributed by atoms with Gasteiger partial charge in [-0.05, 0) is 12.1 Å². The van der Waals surface area contributed by atoms with Crippen molar-refractivity contribution in [2.24, 2.45) is 5.92 Å². The van der Waals surface area contributed by atoms with Crippen LogP contribution in [0.4, 0.5) is 13.8 Å². The molecule has 0 amide bonds. The SMILES string of the molecule is C#CCN(C(=C)CCS(=O)(=O)CC1CC1(F)F)c1sc(-c2cccnc2)nc1OC. The molecule has 2 aromatic rings. The number of methoxy groups -OCH3 is 1. The van der Waals surface area contributed by atoms with E-state index in [1.165, 1.54) is 18.4 Å². The minimum atomic E-state index is -3.64. The molecule has 10 heteroatoms. The van der Waals surface area contributed by atoms with Gasteiger partial charge in [0.05, 0.1) is 25.2 Å². The van der Waals surface area contributed by atoms with Gasteiger partial charge >= 0.3 is 0 Å². The fourth-order valence-corrected chi connectivity index (χ4v) is 5.64. The molecular weight excluding hydrogens is 432 g/mol. The normalized spacial score (nSPS) is 17.2. The Balaban J connectivity index is 1.76. The molecule has 0 aromatic carbocycles. The quantitative estimate of drug-likeness (QED) is 0.512. The molecule has 1 unspecified atom stereocenters. The first-order valence-electron chi connectivity index (χ1n) is 9.09. The fraction of sp³-hybridized carbons (Fsp3) is 0.400. The van der Waals surface area contributed by atoms with E-state index in [1.807, 2.05) is 6.07 Å². The van der Waals surface area contributed by atoms with Crippen molar-refractivity contribution in [3.8, 4) is 28.8 Å². The van der Waals surface area contributed by atoms with Crippen molar-refractivity contribution in [1.82, 2.24) is 9.97 Å². The summed E-state index contributed by atoms with van der Waals surface area (Å²) in [5, 5.41) is 1.25. The number of hydrogen-bond donors (Lipinski definition) is 0. The van der Waals surface area contributed by atoms with Crippen LogP contribution < -0.4 is 9.64 Å². The molecule has 1 aliphatic rings. The second-order valence-corrected chi connectivity index (χ2v) is 10.2. The maximum Gasteiger partial charge on any atom is 0.252 e. The standard InChI is InChI=1S/C20H21F2N3O3S2/c1-4-9-25(14(2)7-10-30(26,27)13-16-11-20(16,21)22)19-17(28-3)24-18(29-19)15-6-5-8-23-12-15/h1,5-6,8,12,16H,2,7,9-11,13H2,3H3. The number of ether oxygens (including phenoxy) is 1. The van der Waals surface area contributed by atoms with Gasteiger partial charge in [-0.25, -0.2) is 17.2 Å². The fourth-order valence-electron chi connectivity index (χ4n) is 2.88. The smallest absolute Gasteiger partial charge is 0.252 e. The highest BCUT2D eigenvalue weighted by Gasteiger charge is 2.58. The largest absolute Gasteiger partial charge is 0.479 e. The summed E-state index contributed by atoms with van der Waals surface area (Å²) in [6.45, 7) is 4.09. The summed E-state index contributed by atoms with van der Waals surface area (Å²) in [5.41, 5.74) is 1.24. The molecule has 0 radical (unpaired) electrons. The summed E-state index contributed by atoms with van der Waals surface area (Å²) < 4.78 is 56.0. The summed E-state index contributed by atoms with van der Waals surface area (Å²) in [6.07, 6.45) is 8.51. The Labute approximate surface area is 178 Å². The minimum Gasteiger partial charge on any atom is -0.479 e. The number of hydrogen-bond acceptors (Lipinski definition) is 7. The molecule has 1 saturated carbocycles. The Kier molecular flexibility index (Phi) is 6.43. The van der Waals surface area contributed by atoms with Gasteiger partial charge in [-0.15, -0.1) is 6.42 Å². The van der Waals surface area contributed by atoms with Gasteiger partial charge in [0.15, 0.2) is 14.8 Å². The average molecular weight is 454 g/mol. The molecule has 160 valence electrons. The number of thiazole rings is 1. The van der Waals surface area contributed by atoms with Crippen molar-refractivity contribution in [3.05, 3.63) is 36.8 Å². The predicted octanol–water partition coefficient (Wildman–Crippen LogP) is 3.63. The number of allylic oxidation sites excluding steroid dienone is 1. The topological polar surface area (TPSA) is 72.4 Å². The Bertz CT molecular complexity index is 1060. The van der Waals surface area contributed by atoms with E-state index in [-0.39, 0.29) is 25.1 Å². The molecule has 0 aliphatic heterocycles. The number of alkyl halides is 2. The molecule has 1 aliphatic carbocycles. The van der Waals surface area contributed by atoms with Crippen LogP contribution in [0.15, 0.2) is 36.8 Å². The zero-order chi connectivity index (χ0) is 21.9. The average Bonchev–Trinajstić information content (AvgIpc) is 3.12. The van der Waals surface area contributed by atoms with Gasteiger partial charge in [0.2, 0.25) is 5.88 Å². The highest BCUT2D eigenvalue weighted by molar-refractivity contribution is 7.91. The summed E-state index contributed by atoms with van der Waals surface area (Å²) >= 11 is 1.31. The summed E-state index contributed by atoms with van der Waals surface area (Å²) in [6, 6.07) is 3.64. The number of terminal acetylenes is 1. The molecule has 0 N–H and O–H groups in total. The summed E-state index contributed by atoms with van der Waals surface area (Å²) in [5.74, 6) is -1.89. The molecule has 2 aromatic heterocycles.